The molecule has 2 N–H and O–H groups in total. The second-order valence-electron chi connectivity index (χ2n) is 8.76. The lowest BCUT2D eigenvalue weighted by Crippen LogP contribution is -2.63. The number of nitrogens with one attached hydrogen (secondary N) is 1. The third-order valence-electron chi connectivity index (χ3n) is 6.27. The molecule has 4 aliphatic rings. The number of amides is 1. The van der Waals surface area contributed by atoms with Gasteiger partial charge in [0, 0.05) is 11.1 Å². The molecule has 5 heteroatoms. The van der Waals surface area contributed by atoms with Crippen molar-refractivity contribution in [1.82, 2.24) is 5.32 Å². The smallest absolute Gasteiger partial charge is 0.263 e. The molecule has 5 atom stereocenters. The van der Waals surface area contributed by atoms with Crippen molar-refractivity contribution in [3.63, 3.8) is 0 Å². The highest BCUT2D eigenvalue weighted by molar-refractivity contribution is 6.30. The van der Waals surface area contributed by atoms with Crippen LogP contribution in [0.3, 0.4) is 0 Å². The van der Waals surface area contributed by atoms with E-state index < -0.39 is 11.2 Å². The number of benzene rings is 1. The summed E-state index contributed by atoms with van der Waals surface area (Å²) >= 11 is 5.90. The van der Waals surface area contributed by atoms with Gasteiger partial charge in [-0.1, -0.05) is 11.6 Å². The number of hydrogen-bond donors (Lipinski definition) is 2. The number of halogens is 1. The van der Waals surface area contributed by atoms with Gasteiger partial charge in [-0.05, 0) is 88.0 Å². The molecule has 5 rings (SSSR count). The fraction of sp³-hybridized carbons (Fsp3) is 0.650. The van der Waals surface area contributed by atoms with Crippen LogP contribution >= 0.6 is 11.6 Å². The van der Waals surface area contributed by atoms with Crippen LogP contribution in [-0.4, -0.2) is 28.3 Å². The number of aliphatic hydroxyl groups is 1. The molecule has 4 nitrogen and oxygen atoms in total. The van der Waals surface area contributed by atoms with Crippen molar-refractivity contribution in [2.45, 2.75) is 63.2 Å². The highest BCUT2D eigenvalue weighted by Gasteiger charge is 2.55. The molecule has 1 aromatic carbocycles. The Morgan fingerprint density at radius 3 is 2.36 bits per heavy atom. The summed E-state index contributed by atoms with van der Waals surface area (Å²) in [5.74, 6) is 1.96. The van der Waals surface area contributed by atoms with Gasteiger partial charge in [-0.3, -0.25) is 4.79 Å². The maximum Gasteiger partial charge on any atom is 0.263 e. The molecule has 0 saturated heterocycles. The van der Waals surface area contributed by atoms with Crippen molar-refractivity contribution in [2.24, 2.45) is 17.8 Å². The van der Waals surface area contributed by atoms with Gasteiger partial charge in [0.15, 0.2) is 5.60 Å². The minimum atomic E-state index is -0.959. The Balaban J connectivity index is 1.43. The van der Waals surface area contributed by atoms with E-state index in [1.165, 1.54) is 0 Å². The van der Waals surface area contributed by atoms with Gasteiger partial charge in [-0.2, -0.15) is 0 Å². The lowest BCUT2D eigenvalue weighted by atomic mass is 9.52. The number of carbonyl (C=O) groups is 1. The zero-order chi connectivity index (χ0) is 17.8. The van der Waals surface area contributed by atoms with Crippen LogP contribution < -0.4 is 10.1 Å². The van der Waals surface area contributed by atoms with Crippen molar-refractivity contribution in [2.75, 3.05) is 0 Å². The molecule has 0 aliphatic heterocycles. The molecule has 0 radical (unpaired) electrons. The van der Waals surface area contributed by atoms with Gasteiger partial charge in [0.1, 0.15) is 5.75 Å². The largest absolute Gasteiger partial charge is 0.478 e. The first kappa shape index (κ1) is 17.2. The summed E-state index contributed by atoms with van der Waals surface area (Å²) in [6.07, 6.45) is 4.85. The average Bonchev–Trinajstić information content (AvgIpc) is 2.51. The molecular weight excluding hydrogens is 338 g/mol. The average molecular weight is 364 g/mol. The van der Waals surface area contributed by atoms with Gasteiger partial charge in [0.2, 0.25) is 0 Å². The molecule has 0 aromatic heterocycles. The van der Waals surface area contributed by atoms with Crippen molar-refractivity contribution in [3.8, 4) is 5.75 Å². The molecule has 0 spiro atoms. The molecule has 1 amide bonds. The number of rotatable bonds is 4. The number of ether oxygens (including phenoxy) is 1. The van der Waals surface area contributed by atoms with E-state index in [4.69, 9.17) is 16.3 Å². The fourth-order valence-corrected chi connectivity index (χ4v) is 5.51. The maximum atomic E-state index is 12.9. The summed E-state index contributed by atoms with van der Waals surface area (Å²) in [4.78, 5) is 12.9. The highest BCUT2D eigenvalue weighted by Crippen LogP contribution is 2.55. The zero-order valence-corrected chi connectivity index (χ0v) is 15.6. The predicted octanol–water partition coefficient (Wildman–Crippen LogP) is 3.55. The van der Waals surface area contributed by atoms with Crippen LogP contribution in [0.2, 0.25) is 5.02 Å². The van der Waals surface area contributed by atoms with Crippen LogP contribution in [0.5, 0.6) is 5.75 Å². The first-order chi connectivity index (χ1) is 11.7. The van der Waals surface area contributed by atoms with Crippen molar-refractivity contribution in [1.29, 1.82) is 0 Å². The van der Waals surface area contributed by atoms with Crippen molar-refractivity contribution in [3.05, 3.63) is 29.3 Å². The molecule has 3 unspecified atom stereocenters. The first-order valence-electron chi connectivity index (χ1n) is 9.22. The molecule has 4 bridgehead atoms. The zero-order valence-electron chi connectivity index (χ0n) is 14.8. The minimum absolute atomic E-state index is 0.0908. The van der Waals surface area contributed by atoms with Gasteiger partial charge >= 0.3 is 0 Å². The predicted molar refractivity (Wildman–Crippen MR) is 96.6 cm³/mol. The molecule has 1 aromatic rings. The Morgan fingerprint density at radius 1 is 1.20 bits per heavy atom. The third-order valence-corrected chi connectivity index (χ3v) is 6.52. The monoisotopic (exact) mass is 363 g/mol. The van der Waals surface area contributed by atoms with Crippen LogP contribution in [0.15, 0.2) is 24.3 Å². The van der Waals surface area contributed by atoms with Crippen LogP contribution in [0.25, 0.3) is 0 Å². The normalized spacial score (nSPS) is 36.3. The standard InChI is InChI=1S/C20H26ClNO3/c1-19(2,25-16-5-3-15(21)4-6-16)18(23)22-17-13-7-12-8-14(17)11-20(24,9-12)10-13/h3-6,12-14,17,24H,7-11H2,1-2H3,(H,22,23)/t12?,13-,14+,17?,20?. The molecule has 4 aliphatic carbocycles. The maximum absolute atomic E-state index is 12.9. The van der Waals surface area contributed by atoms with Crippen LogP contribution in [0.4, 0.5) is 0 Å². The fourth-order valence-electron chi connectivity index (χ4n) is 5.39. The van der Waals surface area contributed by atoms with Gasteiger partial charge in [0.25, 0.3) is 5.91 Å². The summed E-state index contributed by atoms with van der Waals surface area (Å²) in [6, 6.07) is 7.22. The number of carbonyl (C=O) groups excluding carboxylic acids is 1. The first-order valence-corrected chi connectivity index (χ1v) is 9.60. The summed E-state index contributed by atoms with van der Waals surface area (Å²) in [5, 5.41) is 14.6. The van der Waals surface area contributed by atoms with E-state index in [9.17, 15) is 9.90 Å². The summed E-state index contributed by atoms with van der Waals surface area (Å²) in [7, 11) is 0. The lowest BCUT2D eigenvalue weighted by Gasteiger charge is -2.58. The summed E-state index contributed by atoms with van der Waals surface area (Å²) in [5.41, 5.74) is -1.44. The Hall–Kier alpha value is -1.26. The van der Waals surface area contributed by atoms with E-state index >= 15 is 0 Å². The third kappa shape index (κ3) is 3.26. The lowest BCUT2D eigenvalue weighted by molar-refractivity contribution is -0.152. The minimum Gasteiger partial charge on any atom is -0.478 e. The molecular formula is C20H26ClNO3. The quantitative estimate of drug-likeness (QED) is 0.860. The summed E-state index contributed by atoms with van der Waals surface area (Å²) < 4.78 is 5.91. The van der Waals surface area contributed by atoms with E-state index in [1.54, 1.807) is 38.1 Å². The molecule has 25 heavy (non-hydrogen) atoms. The van der Waals surface area contributed by atoms with E-state index in [0.29, 0.717) is 28.5 Å². The Labute approximate surface area is 153 Å². The van der Waals surface area contributed by atoms with Crippen LogP contribution in [-0.2, 0) is 4.79 Å². The van der Waals surface area contributed by atoms with E-state index in [-0.39, 0.29) is 11.9 Å². The van der Waals surface area contributed by atoms with Crippen LogP contribution in [0.1, 0.15) is 46.0 Å². The van der Waals surface area contributed by atoms with E-state index in [2.05, 4.69) is 5.32 Å². The molecule has 0 heterocycles. The Bertz CT molecular complexity index is 656. The molecule has 136 valence electrons. The van der Waals surface area contributed by atoms with E-state index in [1.807, 2.05) is 0 Å². The highest BCUT2D eigenvalue weighted by atomic mass is 35.5. The van der Waals surface area contributed by atoms with Gasteiger partial charge in [-0.15, -0.1) is 0 Å². The van der Waals surface area contributed by atoms with Gasteiger partial charge in [0.05, 0.1) is 5.60 Å². The molecule has 4 saturated carbocycles. The second kappa shape index (κ2) is 5.88. The Morgan fingerprint density at radius 2 is 1.80 bits per heavy atom. The van der Waals surface area contributed by atoms with Crippen LogP contribution in [0, 0.1) is 17.8 Å². The van der Waals surface area contributed by atoms with Crippen molar-refractivity contribution < 1.29 is 14.6 Å². The summed E-state index contributed by atoms with van der Waals surface area (Å²) in [6.45, 7) is 3.58. The topological polar surface area (TPSA) is 58.6 Å². The second-order valence-corrected chi connectivity index (χ2v) is 9.20. The van der Waals surface area contributed by atoms with Crippen molar-refractivity contribution >= 4 is 17.5 Å². The van der Waals surface area contributed by atoms with Gasteiger partial charge < -0.3 is 15.2 Å². The van der Waals surface area contributed by atoms with Gasteiger partial charge in [-0.25, -0.2) is 0 Å². The SMILES string of the molecule is CC(C)(Oc1ccc(Cl)cc1)C(=O)NC1[C@@H]2CC3C[C@H]1CC(O)(C3)C2. The molecule has 4 fully saturated rings. The van der Waals surface area contributed by atoms with E-state index in [0.717, 1.165) is 32.1 Å². The number of hydrogen-bond acceptors (Lipinski definition) is 3. The Kier molecular flexibility index (Phi) is 4.04.